The third-order valence-corrected chi connectivity index (χ3v) is 3.00. The van der Waals surface area contributed by atoms with Crippen molar-refractivity contribution in [2.45, 2.75) is 13.5 Å². The first-order valence-corrected chi connectivity index (χ1v) is 6.51. The van der Waals surface area contributed by atoms with E-state index in [-0.39, 0.29) is 5.75 Å². The molecule has 0 bridgehead atoms. The molecular weight excluding hydrogens is 262 g/mol. The minimum absolute atomic E-state index is 0.123. The number of hydrogen-bond acceptors (Lipinski definition) is 3. The van der Waals surface area contributed by atoms with Gasteiger partial charge in [0.15, 0.2) is 0 Å². The molecule has 100 valence electrons. The zero-order valence-electron chi connectivity index (χ0n) is 10.7. The lowest BCUT2D eigenvalue weighted by Gasteiger charge is -2.10. The molecule has 0 saturated carbocycles. The fraction of sp³-hybridized carbons (Fsp3) is 0.200. The van der Waals surface area contributed by atoms with Crippen molar-refractivity contribution in [1.29, 1.82) is 0 Å². The lowest BCUT2D eigenvalue weighted by atomic mass is 10.2. The molecular formula is C15H16ClNO2. The molecule has 2 aromatic rings. The molecule has 0 heterocycles. The minimum Gasteiger partial charge on any atom is -0.506 e. The zero-order chi connectivity index (χ0) is 13.7. The number of nitrogens with one attached hydrogen (secondary N) is 1. The molecule has 0 aliphatic rings. The summed E-state index contributed by atoms with van der Waals surface area (Å²) in [5.74, 6) is 0.945. The van der Waals surface area contributed by atoms with Gasteiger partial charge in [0.05, 0.1) is 11.6 Å². The summed E-state index contributed by atoms with van der Waals surface area (Å²) in [7, 11) is 0. The van der Waals surface area contributed by atoms with Crippen LogP contribution in [0, 0.1) is 0 Å². The van der Waals surface area contributed by atoms with Crippen LogP contribution in [0.2, 0.25) is 5.02 Å². The van der Waals surface area contributed by atoms with Crippen LogP contribution in [0.4, 0.5) is 5.69 Å². The van der Waals surface area contributed by atoms with Crippen molar-refractivity contribution in [1.82, 2.24) is 0 Å². The monoisotopic (exact) mass is 277 g/mol. The molecule has 0 aromatic heterocycles. The molecule has 0 saturated heterocycles. The van der Waals surface area contributed by atoms with Gasteiger partial charge >= 0.3 is 0 Å². The summed E-state index contributed by atoms with van der Waals surface area (Å²) in [6.45, 7) is 3.09. The van der Waals surface area contributed by atoms with Gasteiger partial charge in [-0.1, -0.05) is 29.8 Å². The van der Waals surface area contributed by atoms with Gasteiger partial charge in [0, 0.05) is 23.9 Å². The van der Waals surface area contributed by atoms with Crippen LogP contribution in [-0.4, -0.2) is 11.7 Å². The summed E-state index contributed by atoms with van der Waals surface area (Å²) < 4.78 is 5.43. The molecule has 2 rings (SSSR count). The minimum atomic E-state index is 0.123. The topological polar surface area (TPSA) is 41.5 Å². The SMILES string of the molecule is CCOc1cccc(NCc2cccc(Cl)c2O)c1. The average Bonchev–Trinajstić information content (AvgIpc) is 2.41. The first kappa shape index (κ1) is 13.6. The van der Waals surface area contributed by atoms with E-state index in [1.165, 1.54) is 0 Å². The molecule has 2 aromatic carbocycles. The molecule has 0 radical (unpaired) electrons. The third kappa shape index (κ3) is 3.55. The quantitative estimate of drug-likeness (QED) is 0.866. The van der Waals surface area contributed by atoms with Gasteiger partial charge in [-0.05, 0) is 25.1 Å². The van der Waals surface area contributed by atoms with Gasteiger partial charge in [-0.3, -0.25) is 0 Å². The smallest absolute Gasteiger partial charge is 0.139 e. The Bertz CT molecular complexity index is 558. The van der Waals surface area contributed by atoms with Crippen LogP contribution in [0.1, 0.15) is 12.5 Å². The number of hydrogen-bond donors (Lipinski definition) is 2. The van der Waals surface area contributed by atoms with E-state index < -0.39 is 0 Å². The largest absolute Gasteiger partial charge is 0.506 e. The zero-order valence-corrected chi connectivity index (χ0v) is 11.4. The molecule has 0 aliphatic carbocycles. The van der Waals surface area contributed by atoms with Crippen LogP contribution in [0.3, 0.4) is 0 Å². The van der Waals surface area contributed by atoms with Crippen molar-refractivity contribution in [2.24, 2.45) is 0 Å². The summed E-state index contributed by atoms with van der Waals surface area (Å²) in [4.78, 5) is 0. The fourth-order valence-electron chi connectivity index (χ4n) is 1.76. The van der Waals surface area contributed by atoms with E-state index in [1.807, 2.05) is 43.3 Å². The van der Waals surface area contributed by atoms with Crippen LogP contribution in [0.25, 0.3) is 0 Å². The lowest BCUT2D eigenvalue weighted by Crippen LogP contribution is -2.00. The van der Waals surface area contributed by atoms with Gasteiger partial charge in [-0.25, -0.2) is 0 Å². The van der Waals surface area contributed by atoms with Gasteiger partial charge in [-0.15, -0.1) is 0 Å². The molecule has 19 heavy (non-hydrogen) atoms. The van der Waals surface area contributed by atoms with E-state index in [0.717, 1.165) is 17.0 Å². The highest BCUT2D eigenvalue weighted by Gasteiger charge is 2.04. The molecule has 0 atom stereocenters. The third-order valence-electron chi connectivity index (χ3n) is 2.70. The average molecular weight is 278 g/mol. The highest BCUT2D eigenvalue weighted by Crippen LogP contribution is 2.27. The predicted molar refractivity (Wildman–Crippen MR) is 78.1 cm³/mol. The van der Waals surface area contributed by atoms with Crippen molar-refractivity contribution >= 4 is 17.3 Å². The Labute approximate surface area is 117 Å². The van der Waals surface area contributed by atoms with Crippen molar-refractivity contribution in [3.05, 3.63) is 53.1 Å². The van der Waals surface area contributed by atoms with Gasteiger partial charge in [-0.2, -0.15) is 0 Å². The Morgan fingerprint density at radius 2 is 2.00 bits per heavy atom. The Morgan fingerprint density at radius 1 is 1.21 bits per heavy atom. The van der Waals surface area contributed by atoms with Crippen LogP contribution in [-0.2, 0) is 6.54 Å². The second kappa shape index (κ2) is 6.34. The van der Waals surface area contributed by atoms with Crippen LogP contribution < -0.4 is 10.1 Å². The number of aromatic hydroxyl groups is 1. The normalized spacial score (nSPS) is 10.2. The maximum atomic E-state index is 9.82. The molecule has 4 heteroatoms. The Hall–Kier alpha value is -1.87. The molecule has 2 N–H and O–H groups in total. The van der Waals surface area contributed by atoms with Gasteiger partial charge in [0.2, 0.25) is 0 Å². The summed E-state index contributed by atoms with van der Waals surface area (Å²) in [5, 5.41) is 13.4. The number of anilines is 1. The number of rotatable bonds is 5. The molecule has 0 spiro atoms. The van der Waals surface area contributed by atoms with E-state index in [2.05, 4.69) is 5.32 Å². The number of benzene rings is 2. The number of phenolic OH excluding ortho intramolecular Hbond substituents is 1. The van der Waals surface area contributed by atoms with E-state index >= 15 is 0 Å². The van der Waals surface area contributed by atoms with Gasteiger partial charge in [0.25, 0.3) is 0 Å². The Kier molecular flexibility index (Phi) is 4.53. The molecule has 3 nitrogen and oxygen atoms in total. The summed E-state index contributed by atoms with van der Waals surface area (Å²) in [5.41, 5.74) is 1.69. The van der Waals surface area contributed by atoms with Crippen LogP contribution in [0.5, 0.6) is 11.5 Å². The maximum Gasteiger partial charge on any atom is 0.139 e. The second-order valence-corrected chi connectivity index (χ2v) is 4.47. The summed E-state index contributed by atoms with van der Waals surface area (Å²) in [6, 6.07) is 13.0. The number of phenols is 1. The molecule has 0 aliphatic heterocycles. The lowest BCUT2D eigenvalue weighted by molar-refractivity contribution is 0.340. The molecule has 0 amide bonds. The number of para-hydroxylation sites is 1. The van der Waals surface area contributed by atoms with E-state index in [1.54, 1.807) is 6.07 Å². The summed E-state index contributed by atoms with van der Waals surface area (Å²) >= 11 is 5.86. The van der Waals surface area contributed by atoms with E-state index in [9.17, 15) is 5.11 Å². The number of halogens is 1. The maximum absolute atomic E-state index is 9.82. The standard InChI is InChI=1S/C15H16ClNO2/c1-2-19-13-7-4-6-12(9-13)17-10-11-5-3-8-14(16)15(11)18/h3-9,17-18H,2,10H2,1H3. The summed E-state index contributed by atoms with van der Waals surface area (Å²) in [6.07, 6.45) is 0. The van der Waals surface area contributed by atoms with Gasteiger partial charge in [0.1, 0.15) is 11.5 Å². The van der Waals surface area contributed by atoms with Crippen molar-refractivity contribution in [3.8, 4) is 11.5 Å². The first-order chi connectivity index (χ1) is 9.20. The van der Waals surface area contributed by atoms with Gasteiger partial charge < -0.3 is 15.2 Å². The fourth-order valence-corrected chi connectivity index (χ4v) is 1.96. The predicted octanol–water partition coefficient (Wildman–Crippen LogP) is 4.06. The Balaban J connectivity index is 2.06. The number of ether oxygens (including phenoxy) is 1. The van der Waals surface area contributed by atoms with Crippen molar-refractivity contribution < 1.29 is 9.84 Å². The van der Waals surface area contributed by atoms with Crippen LogP contribution in [0.15, 0.2) is 42.5 Å². The van der Waals surface area contributed by atoms with E-state index in [0.29, 0.717) is 18.2 Å². The molecule has 0 fully saturated rings. The second-order valence-electron chi connectivity index (χ2n) is 4.06. The molecule has 0 unspecified atom stereocenters. The first-order valence-electron chi connectivity index (χ1n) is 6.13. The highest BCUT2D eigenvalue weighted by atomic mass is 35.5. The Morgan fingerprint density at radius 3 is 2.79 bits per heavy atom. The highest BCUT2D eigenvalue weighted by molar-refractivity contribution is 6.32. The van der Waals surface area contributed by atoms with E-state index in [4.69, 9.17) is 16.3 Å². The van der Waals surface area contributed by atoms with Crippen molar-refractivity contribution in [3.63, 3.8) is 0 Å². The van der Waals surface area contributed by atoms with Crippen molar-refractivity contribution in [2.75, 3.05) is 11.9 Å². The van der Waals surface area contributed by atoms with Crippen LogP contribution >= 0.6 is 11.6 Å².